The van der Waals surface area contributed by atoms with Crippen molar-refractivity contribution >= 4 is 16.8 Å². The normalized spacial score (nSPS) is 11.2. The minimum atomic E-state index is -0.376. The summed E-state index contributed by atoms with van der Waals surface area (Å²) in [6.07, 6.45) is 5.03. The Morgan fingerprint density at radius 3 is 2.51 bits per heavy atom. The van der Waals surface area contributed by atoms with Gasteiger partial charge < -0.3 is 9.72 Å². The number of hydrogen-bond acceptors (Lipinski definition) is 5. The van der Waals surface area contributed by atoms with Gasteiger partial charge in [0.15, 0.2) is 17.0 Å². The number of Topliss-reactive ketones (excluding diaryl/α,β-unsaturated/α-hetero) is 1. The standard InChI is InChI=1S/C32H28FN3O3/c1-18(2)22-15-27-31(36-16-22)29(11-12-34-27)39-24-8-5-21(6-9-24)14-28(37)26-17-35-20(4)30(32(26)38)25-10-7-23(33)13-19(25)3/h5-13,15-18H,14H2,1-4H3,(H,35,38). The monoisotopic (exact) mass is 521 g/mol. The molecule has 0 unspecified atom stereocenters. The third-order valence-electron chi connectivity index (χ3n) is 6.78. The van der Waals surface area contributed by atoms with Gasteiger partial charge in [0.2, 0.25) is 0 Å². The quantitative estimate of drug-likeness (QED) is 0.231. The van der Waals surface area contributed by atoms with Crippen LogP contribution >= 0.6 is 0 Å². The summed E-state index contributed by atoms with van der Waals surface area (Å²) in [6.45, 7) is 7.71. The van der Waals surface area contributed by atoms with Gasteiger partial charge in [0.05, 0.1) is 11.1 Å². The maximum Gasteiger partial charge on any atom is 0.200 e. The van der Waals surface area contributed by atoms with Crippen molar-refractivity contribution in [3.63, 3.8) is 0 Å². The van der Waals surface area contributed by atoms with E-state index in [-0.39, 0.29) is 29.0 Å². The van der Waals surface area contributed by atoms with Crippen molar-refractivity contribution in [3.05, 3.63) is 117 Å². The van der Waals surface area contributed by atoms with Crippen LogP contribution < -0.4 is 10.2 Å². The van der Waals surface area contributed by atoms with Gasteiger partial charge in [-0.25, -0.2) is 4.39 Å². The van der Waals surface area contributed by atoms with E-state index in [0.717, 1.165) is 16.6 Å². The highest BCUT2D eigenvalue weighted by atomic mass is 19.1. The number of carbonyl (C=O) groups is 1. The van der Waals surface area contributed by atoms with Crippen LogP contribution in [0.1, 0.15) is 52.5 Å². The number of rotatable bonds is 7. The molecule has 0 saturated heterocycles. The van der Waals surface area contributed by atoms with Crippen molar-refractivity contribution in [1.82, 2.24) is 15.0 Å². The summed E-state index contributed by atoms with van der Waals surface area (Å²) in [5.41, 5.74) is 5.20. The number of nitrogens with zero attached hydrogens (tertiary/aromatic N) is 2. The van der Waals surface area contributed by atoms with Crippen LogP contribution in [0.5, 0.6) is 11.5 Å². The van der Waals surface area contributed by atoms with Crippen LogP contribution in [0.3, 0.4) is 0 Å². The second-order valence-corrected chi connectivity index (χ2v) is 9.94. The lowest BCUT2D eigenvalue weighted by Gasteiger charge is -2.11. The zero-order valence-electron chi connectivity index (χ0n) is 22.2. The Morgan fingerprint density at radius 1 is 1.03 bits per heavy atom. The molecule has 0 aliphatic heterocycles. The fraction of sp³-hybridized carbons (Fsp3) is 0.188. The maximum atomic E-state index is 13.6. The van der Waals surface area contributed by atoms with Gasteiger partial charge in [-0.2, -0.15) is 0 Å². The van der Waals surface area contributed by atoms with Gasteiger partial charge in [-0.15, -0.1) is 0 Å². The third-order valence-corrected chi connectivity index (χ3v) is 6.78. The summed E-state index contributed by atoms with van der Waals surface area (Å²) in [6, 6.07) is 15.2. The lowest BCUT2D eigenvalue weighted by molar-refractivity contribution is 0.0991. The number of aromatic nitrogens is 3. The molecule has 0 fully saturated rings. The van der Waals surface area contributed by atoms with Crippen LogP contribution in [0.25, 0.3) is 22.2 Å². The van der Waals surface area contributed by atoms with E-state index in [2.05, 4.69) is 28.8 Å². The van der Waals surface area contributed by atoms with Gasteiger partial charge in [-0.1, -0.05) is 32.0 Å². The SMILES string of the molecule is Cc1cc(F)ccc1-c1c(C)[nH]cc(C(=O)Cc2ccc(Oc3ccnc4cc(C(C)C)cnc34)cc2)c1=O. The Morgan fingerprint density at radius 2 is 1.79 bits per heavy atom. The van der Waals surface area contributed by atoms with Crippen molar-refractivity contribution in [2.75, 3.05) is 0 Å². The lowest BCUT2D eigenvalue weighted by Crippen LogP contribution is -2.20. The molecular weight excluding hydrogens is 493 g/mol. The number of benzene rings is 2. The number of H-pyrrole nitrogens is 1. The number of ether oxygens (including phenoxy) is 1. The highest BCUT2D eigenvalue weighted by molar-refractivity contribution is 5.98. The number of aryl methyl sites for hydroxylation is 2. The number of carbonyl (C=O) groups excluding carboxylic acids is 1. The average molecular weight is 522 g/mol. The Labute approximate surface area is 225 Å². The van der Waals surface area contributed by atoms with E-state index in [0.29, 0.717) is 45.3 Å². The molecule has 3 aromatic heterocycles. The number of ketones is 1. The number of aromatic amines is 1. The Bertz CT molecular complexity index is 1760. The average Bonchev–Trinajstić information content (AvgIpc) is 2.90. The van der Waals surface area contributed by atoms with Crippen molar-refractivity contribution < 1.29 is 13.9 Å². The zero-order chi connectivity index (χ0) is 27.7. The first-order valence-electron chi connectivity index (χ1n) is 12.7. The summed E-state index contributed by atoms with van der Waals surface area (Å²) in [7, 11) is 0. The summed E-state index contributed by atoms with van der Waals surface area (Å²) in [4.78, 5) is 38.5. The van der Waals surface area contributed by atoms with E-state index in [4.69, 9.17) is 4.74 Å². The van der Waals surface area contributed by atoms with Crippen LogP contribution in [-0.2, 0) is 6.42 Å². The molecule has 5 aromatic rings. The number of halogens is 1. The first-order valence-corrected chi connectivity index (χ1v) is 12.7. The molecular formula is C32H28FN3O3. The van der Waals surface area contributed by atoms with Gasteiger partial charge in [0, 0.05) is 42.3 Å². The fourth-order valence-corrected chi connectivity index (χ4v) is 4.56. The largest absolute Gasteiger partial charge is 0.455 e. The molecule has 39 heavy (non-hydrogen) atoms. The van der Waals surface area contributed by atoms with E-state index >= 15 is 0 Å². The van der Waals surface area contributed by atoms with Gasteiger partial charge in [-0.3, -0.25) is 19.6 Å². The van der Waals surface area contributed by atoms with E-state index in [1.165, 1.54) is 18.3 Å². The summed E-state index contributed by atoms with van der Waals surface area (Å²) < 4.78 is 19.7. The van der Waals surface area contributed by atoms with Crippen LogP contribution in [0.15, 0.2) is 78.0 Å². The van der Waals surface area contributed by atoms with Crippen molar-refractivity contribution in [3.8, 4) is 22.6 Å². The molecule has 1 N–H and O–H groups in total. The highest BCUT2D eigenvalue weighted by Crippen LogP contribution is 2.29. The lowest BCUT2D eigenvalue weighted by atomic mass is 9.95. The molecule has 0 bridgehead atoms. The molecule has 0 spiro atoms. The number of nitrogens with one attached hydrogen (secondary N) is 1. The van der Waals surface area contributed by atoms with Crippen molar-refractivity contribution in [1.29, 1.82) is 0 Å². The molecule has 0 amide bonds. The number of pyridine rings is 3. The second-order valence-electron chi connectivity index (χ2n) is 9.94. The molecule has 0 aliphatic carbocycles. The van der Waals surface area contributed by atoms with Gasteiger partial charge in [-0.05, 0) is 72.4 Å². The molecule has 0 radical (unpaired) electrons. The number of hydrogen-bond donors (Lipinski definition) is 1. The Balaban J connectivity index is 1.36. The molecule has 6 nitrogen and oxygen atoms in total. The molecule has 3 heterocycles. The molecule has 0 aliphatic rings. The highest BCUT2D eigenvalue weighted by Gasteiger charge is 2.18. The molecule has 7 heteroatoms. The van der Waals surface area contributed by atoms with Crippen molar-refractivity contribution in [2.24, 2.45) is 0 Å². The minimum Gasteiger partial charge on any atom is -0.455 e. The van der Waals surface area contributed by atoms with Crippen LogP contribution in [0.4, 0.5) is 4.39 Å². The van der Waals surface area contributed by atoms with E-state index in [1.54, 1.807) is 56.4 Å². The first-order chi connectivity index (χ1) is 18.7. The van der Waals surface area contributed by atoms with Crippen molar-refractivity contribution in [2.45, 2.75) is 40.0 Å². The fourth-order valence-electron chi connectivity index (χ4n) is 4.56. The van der Waals surface area contributed by atoms with Crippen LogP contribution in [0.2, 0.25) is 0 Å². The smallest absolute Gasteiger partial charge is 0.200 e. The van der Waals surface area contributed by atoms with E-state index in [1.807, 2.05) is 12.3 Å². The Hall–Kier alpha value is -4.65. The second kappa shape index (κ2) is 10.6. The Kier molecular flexibility index (Phi) is 7.07. The topological polar surface area (TPSA) is 84.9 Å². The molecule has 0 saturated carbocycles. The van der Waals surface area contributed by atoms with Gasteiger partial charge >= 0.3 is 0 Å². The molecule has 196 valence electrons. The first kappa shape index (κ1) is 26.0. The predicted octanol–water partition coefficient (Wildman–Crippen LogP) is 7.08. The zero-order valence-corrected chi connectivity index (χ0v) is 22.2. The maximum absolute atomic E-state index is 13.6. The van der Waals surface area contributed by atoms with Gasteiger partial charge in [0.1, 0.15) is 17.1 Å². The summed E-state index contributed by atoms with van der Waals surface area (Å²) in [5.74, 6) is 0.845. The van der Waals surface area contributed by atoms with Crippen LogP contribution in [0, 0.1) is 19.7 Å². The summed E-state index contributed by atoms with van der Waals surface area (Å²) in [5, 5.41) is 0. The van der Waals surface area contributed by atoms with E-state index < -0.39 is 0 Å². The molecule has 2 aromatic carbocycles. The summed E-state index contributed by atoms with van der Waals surface area (Å²) >= 11 is 0. The minimum absolute atomic E-state index is 0.0476. The molecule has 5 rings (SSSR count). The molecule has 0 atom stereocenters. The predicted molar refractivity (Wildman–Crippen MR) is 150 cm³/mol. The number of fused-ring (bicyclic) bond motifs is 1. The van der Waals surface area contributed by atoms with E-state index in [9.17, 15) is 14.0 Å². The third kappa shape index (κ3) is 5.34. The van der Waals surface area contributed by atoms with Gasteiger partial charge in [0.25, 0.3) is 0 Å². The van der Waals surface area contributed by atoms with Crippen LogP contribution in [-0.4, -0.2) is 20.7 Å².